The highest BCUT2D eigenvalue weighted by atomic mass is 32.1. The molecule has 0 unspecified atom stereocenters. The zero-order valence-electron chi connectivity index (χ0n) is 22.1. The first kappa shape index (κ1) is 24.3. The largest absolute Gasteiger partial charge is 0.453 e. The lowest BCUT2D eigenvalue weighted by atomic mass is 9.96. The summed E-state index contributed by atoms with van der Waals surface area (Å²) in [5, 5.41) is 17.1. The van der Waals surface area contributed by atoms with E-state index in [1.165, 1.54) is 21.5 Å². The van der Waals surface area contributed by atoms with E-state index in [1.54, 1.807) is 23.6 Å². The SMILES string of the molecule is Cc1cc(C=Nn2c(-c3cc4ccccc4o3)nc3ccccc3c2=O)c(C)n1-c1sc2c(c1C#N)CCCC2. The monoisotopic (exact) mass is 543 g/mol. The topological polar surface area (TPSA) is 89.1 Å². The van der Waals surface area contributed by atoms with Crippen molar-refractivity contribution in [2.45, 2.75) is 39.5 Å². The van der Waals surface area contributed by atoms with Crippen molar-refractivity contribution < 1.29 is 4.42 Å². The quantitative estimate of drug-likeness (QED) is 0.226. The van der Waals surface area contributed by atoms with Gasteiger partial charge in [0.15, 0.2) is 5.76 Å². The Labute approximate surface area is 234 Å². The van der Waals surface area contributed by atoms with Gasteiger partial charge >= 0.3 is 0 Å². The summed E-state index contributed by atoms with van der Waals surface area (Å²) in [4.78, 5) is 19.8. The summed E-state index contributed by atoms with van der Waals surface area (Å²) in [5.41, 5.74) is 5.85. The van der Waals surface area contributed by atoms with Crippen LogP contribution in [0.3, 0.4) is 0 Å². The molecule has 0 radical (unpaired) electrons. The van der Waals surface area contributed by atoms with Crippen molar-refractivity contribution in [1.82, 2.24) is 14.2 Å². The number of aryl methyl sites for hydroxylation is 2. The van der Waals surface area contributed by atoms with Gasteiger partial charge in [0, 0.05) is 27.2 Å². The summed E-state index contributed by atoms with van der Waals surface area (Å²) >= 11 is 1.72. The van der Waals surface area contributed by atoms with E-state index in [0.717, 1.165) is 52.2 Å². The second-order valence-corrected chi connectivity index (χ2v) is 11.2. The summed E-state index contributed by atoms with van der Waals surface area (Å²) in [5.74, 6) is 0.803. The number of hydrogen-bond acceptors (Lipinski definition) is 6. The average molecular weight is 544 g/mol. The van der Waals surface area contributed by atoms with Crippen LogP contribution in [-0.2, 0) is 12.8 Å². The average Bonchev–Trinajstić information content (AvgIpc) is 3.64. The first-order chi connectivity index (χ1) is 19.5. The van der Waals surface area contributed by atoms with Crippen LogP contribution in [0.4, 0.5) is 0 Å². The van der Waals surface area contributed by atoms with Crippen molar-refractivity contribution in [1.29, 1.82) is 5.26 Å². The fourth-order valence-corrected chi connectivity index (χ4v) is 7.11. The van der Waals surface area contributed by atoms with Gasteiger partial charge in [-0.05, 0) is 75.4 Å². The predicted octanol–water partition coefficient (Wildman–Crippen LogP) is 6.91. The number of para-hydroxylation sites is 2. The molecule has 0 bridgehead atoms. The third kappa shape index (κ3) is 3.81. The molecule has 1 aliphatic carbocycles. The van der Waals surface area contributed by atoms with Crippen molar-refractivity contribution in [3.05, 3.63) is 104 Å². The molecule has 1 aliphatic rings. The summed E-state index contributed by atoms with van der Waals surface area (Å²) in [7, 11) is 0. The third-order valence-electron chi connectivity index (χ3n) is 7.65. The molecule has 0 fully saturated rings. The number of fused-ring (bicyclic) bond motifs is 3. The van der Waals surface area contributed by atoms with E-state index in [4.69, 9.17) is 9.40 Å². The molecule has 4 heterocycles. The van der Waals surface area contributed by atoms with E-state index in [2.05, 4.69) is 15.7 Å². The number of nitriles is 1. The molecule has 0 atom stereocenters. The van der Waals surface area contributed by atoms with Gasteiger partial charge in [-0.3, -0.25) is 4.79 Å². The Bertz CT molecular complexity index is 2050. The molecule has 40 heavy (non-hydrogen) atoms. The maximum Gasteiger partial charge on any atom is 0.282 e. The molecule has 0 amide bonds. The van der Waals surface area contributed by atoms with Crippen LogP contribution < -0.4 is 5.56 Å². The van der Waals surface area contributed by atoms with E-state index in [9.17, 15) is 10.1 Å². The summed E-state index contributed by atoms with van der Waals surface area (Å²) in [6, 6.07) is 21.4. The highest BCUT2D eigenvalue weighted by Crippen LogP contribution is 2.38. The smallest absolute Gasteiger partial charge is 0.282 e. The molecule has 7 rings (SSSR count). The number of thiophene rings is 1. The summed E-state index contributed by atoms with van der Waals surface area (Å²) in [6.07, 6.45) is 5.99. The normalized spacial score (nSPS) is 13.3. The molecular weight excluding hydrogens is 518 g/mol. The lowest BCUT2D eigenvalue weighted by molar-refractivity contribution is 0.616. The zero-order chi connectivity index (χ0) is 27.4. The van der Waals surface area contributed by atoms with Gasteiger partial charge in [0.1, 0.15) is 16.7 Å². The minimum absolute atomic E-state index is 0.274. The number of nitrogens with zero attached hydrogens (tertiary/aromatic N) is 5. The lowest BCUT2D eigenvalue weighted by Crippen LogP contribution is -2.20. The Kier molecular flexibility index (Phi) is 5.76. The van der Waals surface area contributed by atoms with Crippen LogP contribution in [0, 0.1) is 25.2 Å². The number of aromatic nitrogens is 3. The molecule has 0 spiro atoms. The summed E-state index contributed by atoms with van der Waals surface area (Å²) < 4.78 is 9.55. The van der Waals surface area contributed by atoms with Gasteiger partial charge in [-0.1, -0.05) is 30.3 Å². The third-order valence-corrected chi connectivity index (χ3v) is 8.93. The minimum Gasteiger partial charge on any atom is -0.453 e. The standard InChI is InChI=1S/C32H25N5O2S/c1-19-15-22(20(2)36(19)32-25(17-33)23-10-5-8-14-29(23)40-32)18-34-37-30(28-16-21-9-3-7-13-27(21)39-28)35-26-12-6-4-11-24(26)31(37)38/h3-4,6-7,9,11-13,15-16,18H,5,8,10,14H2,1-2H3. The molecule has 4 aromatic heterocycles. The Morgan fingerprint density at radius 1 is 1.07 bits per heavy atom. The van der Waals surface area contributed by atoms with E-state index < -0.39 is 0 Å². The van der Waals surface area contributed by atoms with Crippen LogP contribution in [-0.4, -0.2) is 20.4 Å². The van der Waals surface area contributed by atoms with Crippen molar-refractivity contribution in [2.75, 3.05) is 0 Å². The second-order valence-electron chi connectivity index (χ2n) is 10.1. The Morgan fingerprint density at radius 3 is 2.73 bits per heavy atom. The molecule has 0 saturated carbocycles. The molecule has 2 aromatic carbocycles. The zero-order valence-corrected chi connectivity index (χ0v) is 23.0. The van der Waals surface area contributed by atoms with E-state index in [0.29, 0.717) is 28.1 Å². The fraction of sp³-hybridized carbons (Fsp3) is 0.188. The van der Waals surface area contributed by atoms with E-state index in [1.807, 2.05) is 68.4 Å². The minimum atomic E-state index is -0.274. The van der Waals surface area contributed by atoms with Crippen molar-refractivity contribution in [3.8, 4) is 22.7 Å². The van der Waals surface area contributed by atoms with Gasteiger partial charge < -0.3 is 8.98 Å². The maximum absolute atomic E-state index is 13.7. The van der Waals surface area contributed by atoms with Crippen LogP contribution in [0.2, 0.25) is 0 Å². The fourth-order valence-electron chi connectivity index (χ4n) is 5.66. The summed E-state index contributed by atoms with van der Waals surface area (Å²) in [6.45, 7) is 4.06. The van der Waals surface area contributed by atoms with Crippen molar-refractivity contribution >= 4 is 39.4 Å². The highest BCUT2D eigenvalue weighted by molar-refractivity contribution is 7.15. The highest BCUT2D eigenvalue weighted by Gasteiger charge is 2.24. The van der Waals surface area contributed by atoms with Crippen LogP contribution in [0.25, 0.3) is 38.5 Å². The molecule has 0 aliphatic heterocycles. The molecule has 0 saturated heterocycles. The molecule has 6 aromatic rings. The van der Waals surface area contributed by atoms with Gasteiger partial charge in [0.05, 0.1) is 22.7 Å². The maximum atomic E-state index is 13.7. The van der Waals surface area contributed by atoms with Gasteiger partial charge in [-0.25, -0.2) is 4.98 Å². The first-order valence-electron chi connectivity index (χ1n) is 13.3. The second kappa shape index (κ2) is 9.47. The molecule has 0 N–H and O–H groups in total. The number of furan rings is 1. The van der Waals surface area contributed by atoms with Crippen LogP contribution in [0.1, 0.15) is 45.8 Å². The van der Waals surface area contributed by atoms with Gasteiger partial charge in [-0.2, -0.15) is 15.0 Å². The number of hydrogen-bond donors (Lipinski definition) is 0. The van der Waals surface area contributed by atoms with Gasteiger partial charge in [-0.15, -0.1) is 11.3 Å². The van der Waals surface area contributed by atoms with Crippen LogP contribution in [0.15, 0.2) is 75.0 Å². The first-order valence-corrected chi connectivity index (χ1v) is 14.1. The van der Waals surface area contributed by atoms with Crippen LogP contribution in [0.5, 0.6) is 0 Å². The van der Waals surface area contributed by atoms with Gasteiger partial charge in [0.2, 0.25) is 5.82 Å². The lowest BCUT2D eigenvalue weighted by Gasteiger charge is -2.10. The molecule has 8 heteroatoms. The van der Waals surface area contributed by atoms with Crippen molar-refractivity contribution in [3.63, 3.8) is 0 Å². The Balaban J connectivity index is 1.37. The number of rotatable bonds is 4. The molecule has 7 nitrogen and oxygen atoms in total. The molecule has 196 valence electrons. The molecular formula is C32H25N5O2S. The van der Waals surface area contributed by atoms with Crippen molar-refractivity contribution in [2.24, 2.45) is 5.10 Å². The van der Waals surface area contributed by atoms with E-state index in [-0.39, 0.29) is 5.56 Å². The Hall–Kier alpha value is -4.74. The van der Waals surface area contributed by atoms with Crippen LogP contribution >= 0.6 is 11.3 Å². The predicted molar refractivity (Wildman–Crippen MR) is 159 cm³/mol. The van der Waals surface area contributed by atoms with E-state index >= 15 is 0 Å². The van der Waals surface area contributed by atoms with Gasteiger partial charge in [0.25, 0.3) is 5.56 Å². The number of benzene rings is 2. The Morgan fingerprint density at radius 2 is 1.88 bits per heavy atom.